The van der Waals surface area contributed by atoms with E-state index in [9.17, 15) is 13.2 Å². The van der Waals surface area contributed by atoms with Crippen molar-refractivity contribution in [2.24, 2.45) is 5.92 Å². The molecular formula is C24H25N3O3S. The highest BCUT2D eigenvalue weighted by molar-refractivity contribution is 7.89. The molecule has 0 radical (unpaired) electrons. The fourth-order valence-electron chi connectivity index (χ4n) is 4.58. The number of hydrogen-bond acceptors (Lipinski definition) is 4. The van der Waals surface area contributed by atoms with Crippen LogP contribution in [0.15, 0.2) is 59.5 Å². The number of fused-ring (bicyclic) bond motifs is 2. The molecule has 2 heterocycles. The number of nitrogens with one attached hydrogen (secondary N) is 1. The first-order chi connectivity index (χ1) is 15.0. The van der Waals surface area contributed by atoms with Crippen molar-refractivity contribution in [2.45, 2.75) is 37.0 Å². The number of rotatable bonds is 4. The van der Waals surface area contributed by atoms with E-state index in [2.05, 4.69) is 10.3 Å². The molecule has 31 heavy (non-hydrogen) atoms. The first-order valence-corrected chi connectivity index (χ1v) is 12.2. The molecule has 1 fully saturated rings. The van der Waals surface area contributed by atoms with Gasteiger partial charge in [-0.1, -0.05) is 24.3 Å². The molecule has 2 aliphatic rings. The molecule has 1 aliphatic heterocycles. The number of aryl methyl sites for hydroxylation is 2. The van der Waals surface area contributed by atoms with Crippen molar-refractivity contribution in [3.8, 4) is 0 Å². The quantitative estimate of drug-likeness (QED) is 0.677. The zero-order valence-electron chi connectivity index (χ0n) is 17.3. The molecule has 0 bridgehead atoms. The van der Waals surface area contributed by atoms with E-state index in [0.29, 0.717) is 36.6 Å². The molecule has 1 aliphatic carbocycles. The highest BCUT2D eigenvalue weighted by atomic mass is 32.2. The molecule has 2 aromatic carbocycles. The van der Waals surface area contributed by atoms with E-state index in [-0.39, 0.29) is 11.8 Å². The Morgan fingerprint density at radius 3 is 2.58 bits per heavy atom. The van der Waals surface area contributed by atoms with Gasteiger partial charge in [0.1, 0.15) is 5.82 Å². The number of hydrogen-bond donors (Lipinski definition) is 1. The maximum Gasteiger partial charge on any atom is 0.243 e. The average molecular weight is 436 g/mol. The minimum absolute atomic E-state index is 0.0997. The fourth-order valence-corrected chi connectivity index (χ4v) is 6.10. The van der Waals surface area contributed by atoms with Crippen LogP contribution in [0.5, 0.6) is 0 Å². The molecule has 3 aromatic rings. The number of para-hydroxylation sites is 1. The van der Waals surface area contributed by atoms with Crippen molar-refractivity contribution >= 4 is 32.7 Å². The van der Waals surface area contributed by atoms with Gasteiger partial charge in [0.05, 0.1) is 10.4 Å². The summed E-state index contributed by atoms with van der Waals surface area (Å²) >= 11 is 0. The fraction of sp³-hybridized carbons (Fsp3) is 0.333. The maximum atomic E-state index is 13.1. The van der Waals surface area contributed by atoms with Gasteiger partial charge in [-0.25, -0.2) is 13.4 Å². The number of piperidine rings is 1. The Hall–Kier alpha value is -2.77. The van der Waals surface area contributed by atoms with Crippen LogP contribution in [0.3, 0.4) is 0 Å². The first-order valence-electron chi connectivity index (χ1n) is 10.8. The maximum absolute atomic E-state index is 13.1. The van der Waals surface area contributed by atoms with Gasteiger partial charge in [-0.2, -0.15) is 4.31 Å². The minimum Gasteiger partial charge on any atom is -0.310 e. The number of amides is 1. The topological polar surface area (TPSA) is 79.4 Å². The summed E-state index contributed by atoms with van der Waals surface area (Å²) in [6.45, 7) is 0.700. The van der Waals surface area contributed by atoms with Crippen LogP contribution < -0.4 is 5.32 Å². The molecule has 160 valence electrons. The third kappa shape index (κ3) is 3.95. The predicted octanol–water partition coefficient (Wildman–Crippen LogP) is 3.76. The van der Waals surface area contributed by atoms with Crippen LogP contribution >= 0.6 is 0 Å². The highest BCUT2D eigenvalue weighted by Gasteiger charge is 2.32. The van der Waals surface area contributed by atoms with Crippen LogP contribution in [0.25, 0.3) is 10.9 Å². The Morgan fingerprint density at radius 2 is 1.74 bits per heavy atom. The van der Waals surface area contributed by atoms with Gasteiger partial charge in [-0.15, -0.1) is 0 Å². The van der Waals surface area contributed by atoms with Crippen LogP contribution in [0.1, 0.15) is 30.4 Å². The van der Waals surface area contributed by atoms with Gasteiger partial charge in [0, 0.05) is 24.4 Å². The molecule has 5 rings (SSSR count). The number of nitrogens with zero attached hydrogens (tertiary/aromatic N) is 2. The predicted molar refractivity (Wildman–Crippen MR) is 120 cm³/mol. The summed E-state index contributed by atoms with van der Waals surface area (Å²) in [4.78, 5) is 17.6. The molecule has 7 heteroatoms. The van der Waals surface area contributed by atoms with E-state index in [1.165, 1.54) is 9.87 Å². The van der Waals surface area contributed by atoms with E-state index in [0.717, 1.165) is 35.7 Å². The molecule has 6 nitrogen and oxygen atoms in total. The van der Waals surface area contributed by atoms with Crippen LogP contribution in [-0.4, -0.2) is 36.7 Å². The third-order valence-corrected chi connectivity index (χ3v) is 8.28. The number of benzene rings is 2. The number of carbonyl (C=O) groups is 1. The van der Waals surface area contributed by atoms with Crippen molar-refractivity contribution in [1.29, 1.82) is 0 Å². The largest absolute Gasteiger partial charge is 0.310 e. The monoisotopic (exact) mass is 435 g/mol. The van der Waals surface area contributed by atoms with Gasteiger partial charge in [0.25, 0.3) is 0 Å². The summed E-state index contributed by atoms with van der Waals surface area (Å²) in [6.07, 6.45) is 4.07. The van der Waals surface area contributed by atoms with Gasteiger partial charge >= 0.3 is 0 Å². The third-order valence-electron chi connectivity index (χ3n) is 6.38. The number of sulfonamides is 1. The lowest BCUT2D eigenvalue weighted by atomic mass is 9.97. The van der Waals surface area contributed by atoms with E-state index in [1.807, 2.05) is 42.5 Å². The zero-order chi connectivity index (χ0) is 21.4. The van der Waals surface area contributed by atoms with E-state index < -0.39 is 10.0 Å². The Morgan fingerprint density at radius 1 is 0.968 bits per heavy atom. The van der Waals surface area contributed by atoms with Gasteiger partial charge in [-0.3, -0.25) is 4.79 Å². The van der Waals surface area contributed by atoms with Gasteiger partial charge in [0.15, 0.2) is 0 Å². The van der Waals surface area contributed by atoms with E-state index in [1.54, 1.807) is 12.1 Å². The summed E-state index contributed by atoms with van der Waals surface area (Å²) < 4.78 is 27.7. The molecule has 0 unspecified atom stereocenters. The first kappa shape index (κ1) is 20.2. The Balaban J connectivity index is 1.23. The van der Waals surface area contributed by atoms with Crippen molar-refractivity contribution in [2.75, 3.05) is 18.4 Å². The highest BCUT2D eigenvalue weighted by Crippen LogP contribution is 2.29. The van der Waals surface area contributed by atoms with Crippen molar-refractivity contribution in [1.82, 2.24) is 9.29 Å². The Labute approximate surface area is 182 Å². The van der Waals surface area contributed by atoms with Gasteiger partial charge in [-0.05, 0) is 73.6 Å². The van der Waals surface area contributed by atoms with Crippen LogP contribution in [0, 0.1) is 5.92 Å². The normalized spacial score (nSPS) is 17.5. The molecule has 1 N–H and O–H groups in total. The number of pyridine rings is 1. The second kappa shape index (κ2) is 8.05. The van der Waals surface area contributed by atoms with Crippen molar-refractivity contribution < 1.29 is 13.2 Å². The average Bonchev–Trinajstić information content (AvgIpc) is 3.27. The number of aromatic nitrogens is 1. The summed E-state index contributed by atoms with van der Waals surface area (Å²) in [7, 11) is -3.53. The lowest BCUT2D eigenvalue weighted by molar-refractivity contribution is -0.120. The van der Waals surface area contributed by atoms with Crippen molar-refractivity contribution in [3.05, 3.63) is 65.7 Å². The standard InChI is InChI=1S/C24H25N3O3S/c28-24(26-23-11-9-18-4-1-2-7-22(18)25-23)19-12-14-27(15-13-19)31(29,30)21-10-8-17-5-3-6-20(17)16-21/h1-2,4,7-11,16,19H,3,5-6,12-15H2,(H,25,26,28). The molecular weight excluding hydrogens is 410 g/mol. The Bertz CT molecular complexity index is 1250. The van der Waals surface area contributed by atoms with Crippen LogP contribution in [0.4, 0.5) is 5.82 Å². The molecule has 0 saturated carbocycles. The van der Waals surface area contributed by atoms with Crippen LogP contribution in [-0.2, 0) is 27.7 Å². The molecule has 1 amide bonds. The smallest absolute Gasteiger partial charge is 0.243 e. The molecule has 1 saturated heterocycles. The zero-order valence-corrected chi connectivity index (χ0v) is 18.1. The Kier molecular flexibility index (Phi) is 5.24. The lowest BCUT2D eigenvalue weighted by Crippen LogP contribution is -2.41. The van der Waals surface area contributed by atoms with Gasteiger partial charge < -0.3 is 5.32 Å². The second-order valence-corrected chi connectivity index (χ2v) is 10.3. The molecule has 0 atom stereocenters. The summed E-state index contributed by atoms with van der Waals surface area (Å²) in [5.74, 6) is 0.203. The van der Waals surface area contributed by atoms with Gasteiger partial charge in [0.2, 0.25) is 15.9 Å². The second-order valence-electron chi connectivity index (χ2n) is 8.34. The lowest BCUT2D eigenvalue weighted by Gasteiger charge is -2.30. The summed E-state index contributed by atoms with van der Waals surface area (Å²) in [5.41, 5.74) is 3.24. The SMILES string of the molecule is O=C(Nc1ccc2ccccc2n1)C1CCN(S(=O)(=O)c2ccc3c(c2)CCC3)CC1. The molecule has 0 spiro atoms. The van der Waals surface area contributed by atoms with E-state index >= 15 is 0 Å². The number of carbonyl (C=O) groups excluding carboxylic acids is 1. The summed E-state index contributed by atoms with van der Waals surface area (Å²) in [6, 6.07) is 17.0. The van der Waals surface area contributed by atoms with Crippen molar-refractivity contribution in [3.63, 3.8) is 0 Å². The number of anilines is 1. The van der Waals surface area contributed by atoms with Crippen LogP contribution in [0.2, 0.25) is 0 Å². The summed E-state index contributed by atoms with van der Waals surface area (Å²) in [5, 5.41) is 3.92. The minimum atomic E-state index is -3.53. The molecule has 1 aromatic heterocycles. The van der Waals surface area contributed by atoms with E-state index in [4.69, 9.17) is 0 Å².